The molecule has 0 saturated heterocycles. The van der Waals surface area contributed by atoms with Crippen LogP contribution in [0.2, 0.25) is 5.15 Å². The molecule has 0 radical (unpaired) electrons. The second-order valence-electron chi connectivity index (χ2n) is 6.84. The summed E-state index contributed by atoms with van der Waals surface area (Å²) in [5.41, 5.74) is 3.66. The van der Waals surface area contributed by atoms with E-state index in [9.17, 15) is 0 Å². The molecule has 3 aromatic heterocycles. The van der Waals surface area contributed by atoms with Gasteiger partial charge >= 0.3 is 0 Å². The highest BCUT2D eigenvalue weighted by molar-refractivity contribution is 7.15. The molecule has 142 valence electrons. The zero-order chi connectivity index (χ0) is 19.1. The standard InChI is InChI=1S/C20H18ClN5OS/c1-27-13-8-6-12(7-9-13)10-26-11-15-17(25-26)18(21)24-19(22-15)20-23-14-4-2-3-5-16(14)28-20/h6-9,11H,2-5,10H2,1H3. The number of hydrogen-bond acceptors (Lipinski definition) is 6. The van der Waals surface area contributed by atoms with Crippen molar-refractivity contribution in [1.29, 1.82) is 0 Å². The van der Waals surface area contributed by atoms with Crippen molar-refractivity contribution in [2.75, 3.05) is 7.11 Å². The number of aromatic nitrogens is 5. The summed E-state index contributed by atoms with van der Waals surface area (Å²) in [4.78, 5) is 15.3. The first-order valence-corrected chi connectivity index (χ1v) is 10.4. The second kappa shape index (κ2) is 7.14. The van der Waals surface area contributed by atoms with Crippen molar-refractivity contribution in [2.24, 2.45) is 0 Å². The number of nitrogens with zero attached hydrogens (tertiary/aromatic N) is 5. The minimum Gasteiger partial charge on any atom is -0.497 e. The van der Waals surface area contributed by atoms with Crippen LogP contribution in [0.3, 0.4) is 0 Å². The molecule has 8 heteroatoms. The fraction of sp³-hybridized carbons (Fsp3) is 0.300. The Balaban J connectivity index is 1.47. The second-order valence-corrected chi connectivity index (χ2v) is 8.28. The number of ether oxygens (including phenoxy) is 1. The lowest BCUT2D eigenvalue weighted by molar-refractivity contribution is 0.414. The van der Waals surface area contributed by atoms with Gasteiger partial charge < -0.3 is 4.74 Å². The maximum absolute atomic E-state index is 6.43. The lowest BCUT2D eigenvalue weighted by Gasteiger charge is -2.06. The lowest BCUT2D eigenvalue weighted by atomic mass is 10.0. The summed E-state index contributed by atoms with van der Waals surface area (Å²) in [7, 11) is 1.66. The maximum atomic E-state index is 6.43. The molecule has 0 saturated carbocycles. The summed E-state index contributed by atoms with van der Waals surface area (Å²) in [6.45, 7) is 0.623. The Kier molecular flexibility index (Phi) is 4.49. The van der Waals surface area contributed by atoms with Crippen molar-refractivity contribution in [1.82, 2.24) is 24.7 Å². The Bertz CT molecular complexity index is 1130. The Morgan fingerprint density at radius 1 is 1.11 bits per heavy atom. The van der Waals surface area contributed by atoms with Gasteiger partial charge in [-0.3, -0.25) is 4.68 Å². The van der Waals surface area contributed by atoms with E-state index in [1.54, 1.807) is 18.4 Å². The molecular weight excluding hydrogens is 394 g/mol. The molecular formula is C20H18ClN5OS. The largest absolute Gasteiger partial charge is 0.497 e. The number of rotatable bonds is 4. The van der Waals surface area contributed by atoms with E-state index in [4.69, 9.17) is 21.3 Å². The van der Waals surface area contributed by atoms with Gasteiger partial charge in [0.05, 0.1) is 25.5 Å². The van der Waals surface area contributed by atoms with Crippen LogP contribution >= 0.6 is 22.9 Å². The van der Waals surface area contributed by atoms with Gasteiger partial charge in [0.1, 0.15) is 16.8 Å². The predicted molar refractivity (Wildman–Crippen MR) is 110 cm³/mol. The summed E-state index contributed by atoms with van der Waals surface area (Å²) >= 11 is 8.11. The van der Waals surface area contributed by atoms with Crippen molar-refractivity contribution in [2.45, 2.75) is 32.2 Å². The molecule has 0 fully saturated rings. The molecule has 1 aliphatic rings. The van der Waals surface area contributed by atoms with E-state index < -0.39 is 0 Å². The number of fused-ring (bicyclic) bond motifs is 2. The van der Waals surface area contributed by atoms with Gasteiger partial charge in [0, 0.05) is 4.88 Å². The van der Waals surface area contributed by atoms with Crippen molar-refractivity contribution < 1.29 is 4.74 Å². The molecule has 0 unspecified atom stereocenters. The number of benzene rings is 1. The van der Waals surface area contributed by atoms with E-state index in [2.05, 4.69) is 15.1 Å². The van der Waals surface area contributed by atoms with Crippen molar-refractivity contribution >= 4 is 34.0 Å². The van der Waals surface area contributed by atoms with Gasteiger partial charge in [-0.15, -0.1) is 11.3 Å². The predicted octanol–water partition coefficient (Wildman–Crippen LogP) is 4.54. The molecule has 3 heterocycles. The smallest absolute Gasteiger partial charge is 0.190 e. The number of aryl methyl sites for hydroxylation is 2. The average Bonchev–Trinajstić information content (AvgIpc) is 3.32. The summed E-state index contributed by atoms with van der Waals surface area (Å²) in [5, 5.41) is 5.77. The molecule has 4 aromatic rings. The molecule has 0 atom stereocenters. The minimum absolute atomic E-state index is 0.363. The summed E-state index contributed by atoms with van der Waals surface area (Å²) < 4.78 is 7.04. The normalized spacial score (nSPS) is 13.6. The van der Waals surface area contributed by atoms with Gasteiger partial charge in [-0.1, -0.05) is 23.7 Å². The number of halogens is 1. The van der Waals surface area contributed by atoms with Crippen LogP contribution in [-0.2, 0) is 19.4 Å². The molecule has 0 aliphatic heterocycles. The highest BCUT2D eigenvalue weighted by atomic mass is 35.5. The van der Waals surface area contributed by atoms with E-state index in [1.165, 1.54) is 23.4 Å². The monoisotopic (exact) mass is 411 g/mol. The fourth-order valence-corrected chi connectivity index (χ4v) is 4.77. The van der Waals surface area contributed by atoms with Crippen molar-refractivity contribution in [3.63, 3.8) is 0 Å². The molecule has 0 bridgehead atoms. The van der Waals surface area contributed by atoms with E-state index in [0.29, 0.717) is 23.0 Å². The average molecular weight is 412 g/mol. The maximum Gasteiger partial charge on any atom is 0.190 e. The van der Waals surface area contributed by atoms with Gasteiger partial charge in [0.15, 0.2) is 16.0 Å². The minimum atomic E-state index is 0.363. The topological polar surface area (TPSA) is 65.7 Å². The third-order valence-corrected chi connectivity index (χ3v) is 6.33. The van der Waals surface area contributed by atoms with Crippen molar-refractivity contribution in [3.8, 4) is 16.6 Å². The fourth-order valence-electron chi connectivity index (χ4n) is 3.47. The Hall–Kier alpha value is -2.51. The Labute approximate surface area is 171 Å². The number of methoxy groups -OCH3 is 1. The van der Waals surface area contributed by atoms with E-state index in [1.807, 2.05) is 35.1 Å². The van der Waals surface area contributed by atoms with Crippen LogP contribution in [-0.4, -0.2) is 31.8 Å². The van der Waals surface area contributed by atoms with Gasteiger partial charge in [-0.2, -0.15) is 5.10 Å². The first-order valence-electron chi connectivity index (χ1n) is 9.22. The molecule has 1 aromatic carbocycles. The van der Waals surface area contributed by atoms with Crippen LogP contribution in [0.15, 0.2) is 30.5 Å². The van der Waals surface area contributed by atoms with Crippen LogP contribution in [0.1, 0.15) is 29.0 Å². The summed E-state index contributed by atoms with van der Waals surface area (Å²) in [5.74, 6) is 1.42. The quantitative estimate of drug-likeness (QED) is 0.461. The van der Waals surface area contributed by atoms with E-state index in [-0.39, 0.29) is 0 Å². The van der Waals surface area contributed by atoms with Crippen LogP contribution in [0, 0.1) is 0 Å². The van der Waals surface area contributed by atoms with Crippen LogP contribution in [0.25, 0.3) is 21.9 Å². The molecule has 28 heavy (non-hydrogen) atoms. The highest BCUT2D eigenvalue weighted by Crippen LogP contribution is 2.32. The SMILES string of the molecule is COc1ccc(Cn2cc3nc(-c4nc5c(s4)CCCC5)nc(Cl)c3n2)cc1. The Morgan fingerprint density at radius 2 is 1.93 bits per heavy atom. The molecule has 1 aliphatic carbocycles. The van der Waals surface area contributed by atoms with Gasteiger partial charge in [0.2, 0.25) is 0 Å². The van der Waals surface area contributed by atoms with E-state index >= 15 is 0 Å². The molecule has 0 spiro atoms. The van der Waals surface area contributed by atoms with Gasteiger partial charge in [-0.25, -0.2) is 15.0 Å². The number of thiazole rings is 1. The number of hydrogen-bond donors (Lipinski definition) is 0. The van der Waals surface area contributed by atoms with Crippen LogP contribution < -0.4 is 4.74 Å². The third-order valence-electron chi connectivity index (χ3n) is 4.91. The van der Waals surface area contributed by atoms with Gasteiger partial charge in [0.25, 0.3) is 0 Å². The zero-order valence-corrected chi connectivity index (χ0v) is 16.9. The lowest BCUT2D eigenvalue weighted by Crippen LogP contribution is -1.99. The Morgan fingerprint density at radius 3 is 2.71 bits per heavy atom. The molecule has 5 rings (SSSR count). The first kappa shape index (κ1) is 17.6. The molecule has 6 nitrogen and oxygen atoms in total. The third kappa shape index (κ3) is 3.25. The van der Waals surface area contributed by atoms with Crippen molar-refractivity contribution in [3.05, 3.63) is 51.7 Å². The van der Waals surface area contributed by atoms with E-state index in [0.717, 1.165) is 34.7 Å². The summed E-state index contributed by atoms with van der Waals surface area (Å²) in [6, 6.07) is 7.91. The molecule has 0 amide bonds. The van der Waals surface area contributed by atoms with Crippen LogP contribution in [0.5, 0.6) is 5.75 Å². The molecule has 0 N–H and O–H groups in total. The van der Waals surface area contributed by atoms with Gasteiger partial charge in [-0.05, 0) is 43.4 Å². The van der Waals surface area contributed by atoms with Crippen LogP contribution in [0.4, 0.5) is 0 Å². The zero-order valence-electron chi connectivity index (χ0n) is 15.4. The highest BCUT2D eigenvalue weighted by Gasteiger charge is 2.19. The summed E-state index contributed by atoms with van der Waals surface area (Å²) in [6.07, 6.45) is 6.48. The first-order chi connectivity index (χ1) is 13.7.